The van der Waals surface area contributed by atoms with Crippen LogP contribution in [0.2, 0.25) is 0 Å². The van der Waals surface area contributed by atoms with E-state index in [9.17, 15) is 0 Å². The monoisotopic (exact) mass is 267 g/mol. The third kappa shape index (κ3) is 4.19. The van der Waals surface area contributed by atoms with Gasteiger partial charge in [0.1, 0.15) is 0 Å². The van der Waals surface area contributed by atoms with Gasteiger partial charge in [-0.25, -0.2) is 0 Å². The summed E-state index contributed by atoms with van der Waals surface area (Å²) >= 11 is 0. The van der Waals surface area contributed by atoms with Crippen LogP contribution in [0, 0.1) is 11.8 Å². The molecule has 0 bridgehead atoms. The molecule has 2 aliphatic rings. The third-order valence-corrected chi connectivity index (χ3v) is 5.30. The first-order valence-electron chi connectivity index (χ1n) is 8.52. The number of nitrogens with one attached hydrogen (secondary N) is 1. The zero-order valence-electron chi connectivity index (χ0n) is 13.2. The van der Waals surface area contributed by atoms with Crippen LogP contribution in [0.15, 0.2) is 0 Å². The molecule has 3 unspecified atom stereocenters. The van der Waals surface area contributed by atoms with E-state index in [1.165, 1.54) is 51.4 Å². The lowest BCUT2D eigenvalue weighted by Gasteiger charge is -2.41. The first kappa shape index (κ1) is 15.3. The Kier molecular flexibility index (Phi) is 5.70. The maximum Gasteiger partial charge on any atom is 0.0697 e. The third-order valence-electron chi connectivity index (χ3n) is 5.30. The second kappa shape index (κ2) is 7.08. The molecule has 2 heteroatoms. The molecule has 19 heavy (non-hydrogen) atoms. The largest absolute Gasteiger partial charge is 0.375 e. The zero-order valence-corrected chi connectivity index (χ0v) is 13.2. The van der Waals surface area contributed by atoms with Crippen LogP contribution in [-0.2, 0) is 4.74 Å². The standard InChI is InChI=1S/C17H33NO/c1-4-11-18-16-8-12-19-17(13-16)9-5-6-15(7-10-17)14(2)3/h14-16,18H,4-13H2,1-3H3. The molecule has 0 aromatic heterocycles. The molecule has 2 nitrogen and oxygen atoms in total. The van der Waals surface area contributed by atoms with E-state index in [1.54, 1.807) is 0 Å². The van der Waals surface area contributed by atoms with Crippen molar-refractivity contribution in [3.05, 3.63) is 0 Å². The minimum Gasteiger partial charge on any atom is -0.375 e. The van der Waals surface area contributed by atoms with Gasteiger partial charge in [0.25, 0.3) is 0 Å². The van der Waals surface area contributed by atoms with E-state index in [2.05, 4.69) is 26.1 Å². The number of hydrogen-bond acceptors (Lipinski definition) is 2. The summed E-state index contributed by atoms with van der Waals surface area (Å²) in [6.07, 6.45) is 10.4. The summed E-state index contributed by atoms with van der Waals surface area (Å²) in [6.45, 7) is 9.15. The molecule has 1 heterocycles. The van der Waals surface area contributed by atoms with E-state index in [1.807, 2.05) is 0 Å². The van der Waals surface area contributed by atoms with Gasteiger partial charge in [-0.05, 0) is 56.9 Å². The SMILES string of the molecule is CCCNC1CCOC2(CCCC(C(C)C)CC2)C1. The second-order valence-electron chi connectivity index (χ2n) is 7.11. The second-order valence-corrected chi connectivity index (χ2v) is 7.11. The van der Waals surface area contributed by atoms with Gasteiger partial charge in [0.2, 0.25) is 0 Å². The van der Waals surface area contributed by atoms with Gasteiger partial charge in [0.15, 0.2) is 0 Å². The first-order valence-corrected chi connectivity index (χ1v) is 8.52. The molecular formula is C17H33NO. The molecule has 1 saturated carbocycles. The van der Waals surface area contributed by atoms with Gasteiger partial charge >= 0.3 is 0 Å². The minimum absolute atomic E-state index is 0.216. The normalized spacial score (nSPS) is 36.6. The lowest BCUT2D eigenvalue weighted by atomic mass is 9.83. The quantitative estimate of drug-likeness (QED) is 0.826. The topological polar surface area (TPSA) is 21.3 Å². The average molecular weight is 267 g/mol. The van der Waals surface area contributed by atoms with Crippen LogP contribution >= 0.6 is 0 Å². The zero-order chi connectivity index (χ0) is 13.7. The van der Waals surface area contributed by atoms with E-state index < -0.39 is 0 Å². The minimum atomic E-state index is 0.216. The van der Waals surface area contributed by atoms with Gasteiger partial charge in [-0.3, -0.25) is 0 Å². The Hall–Kier alpha value is -0.0800. The van der Waals surface area contributed by atoms with Crippen molar-refractivity contribution < 1.29 is 4.74 Å². The summed E-state index contributed by atoms with van der Waals surface area (Å²) in [6, 6.07) is 0.698. The Bertz CT molecular complexity index is 266. The molecule has 0 radical (unpaired) electrons. The number of hydrogen-bond donors (Lipinski definition) is 1. The Morgan fingerprint density at radius 3 is 2.79 bits per heavy atom. The summed E-state index contributed by atoms with van der Waals surface area (Å²) in [5.41, 5.74) is 0.216. The van der Waals surface area contributed by atoms with Crippen LogP contribution in [0.1, 0.15) is 72.1 Å². The van der Waals surface area contributed by atoms with Crippen molar-refractivity contribution in [3.63, 3.8) is 0 Å². The van der Waals surface area contributed by atoms with E-state index >= 15 is 0 Å². The van der Waals surface area contributed by atoms with E-state index in [0.29, 0.717) is 6.04 Å². The molecule has 0 aromatic carbocycles. The lowest BCUT2D eigenvalue weighted by molar-refractivity contribution is -0.0979. The van der Waals surface area contributed by atoms with Crippen molar-refractivity contribution in [2.75, 3.05) is 13.2 Å². The van der Waals surface area contributed by atoms with Crippen LogP contribution in [0.4, 0.5) is 0 Å². The predicted molar refractivity (Wildman–Crippen MR) is 81.4 cm³/mol. The van der Waals surface area contributed by atoms with Gasteiger partial charge in [-0.1, -0.05) is 33.6 Å². The maximum atomic E-state index is 6.28. The van der Waals surface area contributed by atoms with Gasteiger partial charge in [-0.15, -0.1) is 0 Å². The fourth-order valence-electron chi connectivity index (χ4n) is 3.97. The molecule has 112 valence electrons. The highest BCUT2D eigenvalue weighted by atomic mass is 16.5. The highest BCUT2D eigenvalue weighted by Crippen LogP contribution is 2.40. The summed E-state index contributed by atoms with van der Waals surface area (Å²) in [5.74, 6) is 1.76. The molecule has 1 aliphatic heterocycles. The Morgan fingerprint density at radius 2 is 2.05 bits per heavy atom. The van der Waals surface area contributed by atoms with E-state index in [4.69, 9.17) is 4.74 Å². The Balaban J connectivity index is 1.90. The van der Waals surface area contributed by atoms with Gasteiger partial charge in [-0.2, -0.15) is 0 Å². The fraction of sp³-hybridized carbons (Fsp3) is 1.00. The van der Waals surface area contributed by atoms with Crippen molar-refractivity contribution in [3.8, 4) is 0 Å². The smallest absolute Gasteiger partial charge is 0.0697 e. The average Bonchev–Trinajstić information content (AvgIpc) is 2.60. The Morgan fingerprint density at radius 1 is 1.21 bits per heavy atom. The summed E-state index contributed by atoms with van der Waals surface area (Å²) in [7, 11) is 0. The molecule has 2 rings (SSSR count). The fourth-order valence-corrected chi connectivity index (χ4v) is 3.97. The molecule has 1 N–H and O–H groups in total. The van der Waals surface area contributed by atoms with Crippen molar-refractivity contribution in [1.29, 1.82) is 0 Å². The predicted octanol–water partition coefficient (Wildman–Crippen LogP) is 4.14. The first-order chi connectivity index (χ1) is 9.15. The van der Waals surface area contributed by atoms with Crippen LogP contribution in [0.5, 0.6) is 0 Å². The molecule has 3 atom stereocenters. The summed E-state index contributed by atoms with van der Waals surface area (Å²) < 4.78 is 6.28. The Labute approximate surface area is 119 Å². The van der Waals surface area contributed by atoms with Crippen LogP contribution < -0.4 is 5.32 Å². The molecule has 1 saturated heterocycles. The van der Waals surface area contributed by atoms with E-state index in [-0.39, 0.29) is 5.60 Å². The van der Waals surface area contributed by atoms with Gasteiger partial charge in [0, 0.05) is 12.6 Å². The van der Waals surface area contributed by atoms with Gasteiger partial charge in [0.05, 0.1) is 5.60 Å². The van der Waals surface area contributed by atoms with Gasteiger partial charge < -0.3 is 10.1 Å². The molecule has 1 spiro atoms. The summed E-state index contributed by atoms with van der Waals surface area (Å²) in [5, 5.41) is 3.72. The van der Waals surface area contributed by atoms with Crippen LogP contribution in [-0.4, -0.2) is 24.8 Å². The number of rotatable bonds is 4. The highest BCUT2D eigenvalue weighted by molar-refractivity contribution is 4.92. The van der Waals surface area contributed by atoms with Crippen molar-refractivity contribution >= 4 is 0 Å². The molecule has 0 aromatic rings. The highest BCUT2D eigenvalue weighted by Gasteiger charge is 2.39. The molecule has 2 fully saturated rings. The molecule has 0 amide bonds. The number of ether oxygens (including phenoxy) is 1. The molecule has 1 aliphatic carbocycles. The van der Waals surface area contributed by atoms with Crippen molar-refractivity contribution in [2.24, 2.45) is 11.8 Å². The van der Waals surface area contributed by atoms with Crippen molar-refractivity contribution in [1.82, 2.24) is 5.32 Å². The summed E-state index contributed by atoms with van der Waals surface area (Å²) in [4.78, 5) is 0. The van der Waals surface area contributed by atoms with Crippen LogP contribution in [0.25, 0.3) is 0 Å². The molecular weight excluding hydrogens is 234 g/mol. The van der Waals surface area contributed by atoms with E-state index in [0.717, 1.165) is 25.0 Å². The van der Waals surface area contributed by atoms with Crippen LogP contribution in [0.3, 0.4) is 0 Å². The maximum absolute atomic E-state index is 6.28. The lowest BCUT2D eigenvalue weighted by Crippen LogP contribution is -2.47. The van der Waals surface area contributed by atoms with Crippen molar-refractivity contribution in [2.45, 2.75) is 83.8 Å².